The molecule has 2 amide bonds. The van der Waals surface area contributed by atoms with E-state index >= 15 is 0 Å². The zero-order chi connectivity index (χ0) is 28.4. The Morgan fingerprint density at radius 3 is 2.59 bits per heavy atom. The summed E-state index contributed by atoms with van der Waals surface area (Å²) in [6.07, 6.45) is -4.77. The fraction of sp³-hybridized carbons (Fsp3) is 0.520. The van der Waals surface area contributed by atoms with Gasteiger partial charge < -0.3 is 35.4 Å². The Morgan fingerprint density at radius 1 is 1.21 bits per heavy atom. The predicted molar refractivity (Wildman–Crippen MR) is 139 cm³/mol. The van der Waals surface area contributed by atoms with E-state index in [0.29, 0.717) is 63.1 Å². The molecule has 2 saturated heterocycles. The molecular formula is C25H33F3N6O5. The Bertz CT molecular complexity index is 1110. The number of urea groups is 1. The first-order chi connectivity index (χ1) is 18.6. The Morgan fingerprint density at radius 2 is 1.92 bits per heavy atom. The maximum absolute atomic E-state index is 12.7. The van der Waals surface area contributed by atoms with Crippen LogP contribution in [-0.2, 0) is 9.53 Å². The van der Waals surface area contributed by atoms with E-state index in [1.54, 1.807) is 12.1 Å². The molecule has 1 aromatic carbocycles. The number of carbonyl (C=O) groups excluding carboxylic acids is 1. The van der Waals surface area contributed by atoms with Gasteiger partial charge in [-0.15, -0.1) is 0 Å². The second-order valence-electron chi connectivity index (χ2n) is 9.17. The summed E-state index contributed by atoms with van der Waals surface area (Å²) in [5, 5.41) is 21.9. The second kappa shape index (κ2) is 13.9. The predicted octanol–water partition coefficient (Wildman–Crippen LogP) is 3.20. The fourth-order valence-electron chi connectivity index (χ4n) is 4.46. The molecule has 3 heterocycles. The molecule has 1 aromatic heterocycles. The molecule has 0 spiro atoms. The highest BCUT2D eigenvalue weighted by Gasteiger charge is 2.36. The van der Waals surface area contributed by atoms with Gasteiger partial charge in [-0.1, -0.05) is 6.07 Å². The molecule has 2 fully saturated rings. The summed E-state index contributed by atoms with van der Waals surface area (Å²) in [5.74, 6) is 0.531. The molecule has 4 rings (SSSR count). The molecule has 214 valence electrons. The molecule has 4 N–H and O–H groups in total. The number of benzene rings is 1. The molecule has 0 radical (unpaired) electrons. The summed E-state index contributed by atoms with van der Waals surface area (Å²) in [5.41, 5.74) is 2.88. The zero-order valence-corrected chi connectivity index (χ0v) is 21.6. The number of aliphatic hydroxyl groups is 1. The van der Waals surface area contributed by atoms with Crippen molar-refractivity contribution < 1.29 is 37.7 Å². The summed E-state index contributed by atoms with van der Waals surface area (Å²) in [6.45, 7) is 4.86. The number of halogens is 3. The normalized spacial score (nSPS) is 17.3. The number of likely N-dealkylation sites (tertiary alicyclic amines) is 1. The van der Waals surface area contributed by atoms with E-state index in [9.17, 15) is 23.1 Å². The molecule has 2 aromatic rings. The lowest BCUT2D eigenvalue weighted by atomic mass is 10.0. The van der Waals surface area contributed by atoms with Crippen LogP contribution in [0.3, 0.4) is 0 Å². The van der Waals surface area contributed by atoms with Crippen molar-refractivity contribution in [1.82, 2.24) is 14.9 Å². The van der Waals surface area contributed by atoms with Gasteiger partial charge in [0.05, 0.1) is 25.5 Å². The lowest BCUT2D eigenvalue weighted by Crippen LogP contribution is -2.37. The fourth-order valence-corrected chi connectivity index (χ4v) is 4.46. The van der Waals surface area contributed by atoms with Crippen LogP contribution in [0.25, 0.3) is 11.3 Å². The first-order valence-electron chi connectivity index (χ1n) is 12.5. The van der Waals surface area contributed by atoms with E-state index < -0.39 is 24.5 Å². The summed E-state index contributed by atoms with van der Waals surface area (Å²) >= 11 is 0. The average Bonchev–Trinajstić information content (AvgIpc) is 3.36. The number of amides is 2. The van der Waals surface area contributed by atoms with Crippen molar-refractivity contribution in [1.29, 1.82) is 0 Å². The third kappa shape index (κ3) is 8.96. The highest BCUT2D eigenvalue weighted by Crippen LogP contribution is 2.32. The van der Waals surface area contributed by atoms with Crippen LogP contribution in [0.4, 0.5) is 35.4 Å². The first kappa shape index (κ1) is 29.9. The number of nitrogens with one attached hydrogen (secondary N) is 2. The molecule has 1 unspecified atom stereocenters. The van der Waals surface area contributed by atoms with Gasteiger partial charge >= 0.3 is 12.2 Å². The SMILES string of the molecule is Cc1ccc(NC(=O)N2CCC(CC(F)(F)F)C2)cc1-c1cc(N2CCOCC2)nc(NCCO)n1.O=CO. The summed E-state index contributed by atoms with van der Waals surface area (Å²) in [6, 6.07) is 6.88. The first-order valence-corrected chi connectivity index (χ1v) is 12.5. The molecule has 39 heavy (non-hydrogen) atoms. The number of hydrogen-bond acceptors (Lipinski definition) is 8. The lowest BCUT2D eigenvalue weighted by molar-refractivity contribution is -0.143. The van der Waals surface area contributed by atoms with Gasteiger partial charge in [0.15, 0.2) is 0 Å². The smallest absolute Gasteiger partial charge is 0.389 e. The van der Waals surface area contributed by atoms with E-state index in [1.807, 2.05) is 19.1 Å². The number of ether oxygens (including phenoxy) is 1. The minimum Gasteiger partial charge on any atom is -0.483 e. The van der Waals surface area contributed by atoms with Crippen molar-refractivity contribution in [3.8, 4) is 11.3 Å². The number of carbonyl (C=O) groups is 2. The maximum atomic E-state index is 12.7. The highest BCUT2D eigenvalue weighted by atomic mass is 19.4. The molecule has 0 bridgehead atoms. The van der Waals surface area contributed by atoms with Crippen LogP contribution < -0.4 is 15.5 Å². The van der Waals surface area contributed by atoms with Crippen LogP contribution in [0, 0.1) is 12.8 Å². The molecule has 0 saturated carbocycles. The van der Waals surface area contributed by atoms with Gasteiger partial charge in [0.1, 0.15) is 5.82 Å². The van der Waals surface area contributed by atoms with Crippen molar-refractivity contribution in [3.63, 3.8) is 0 Å². The standard InChI is InChI=1S/C24H31F3N6O3.CH2O2/c1-16-2-3-18(29-23(35)33-6-4-17(15-33)14-24(25,26)27)12-19(16)20-13-21(32-7-10-36-11-8-32)31-22(30-20)28-5-9-34;2-1-3/h2-3,12-13,17,34H,4-11,14-15H2,1H3,(H,29,35)(H,28,30,31);1H,(H,2,3). The largest absolute Gasteiger partial charge is 0.483 e. The van der Waals surface area contributed by atoms with Crippen molar-refractivity contribution in [2.45, 2.75) is 25.9 Å². The van der Waals surface area contributed by atoms with Crippen molar-refractivity contribution in [3.05, 3.63) is 29.8 Å². The number of aliphatic hydroxyl groups excluding tert-OH is 1. The Hall–Kier alpha value is -3.65. The molecule has 1 atom stereocenters. The Balaban J connectivity index is 0.00000134. The number of anilines is 3. The third-order valence-corrected chi connectivity index (χ3v) is 6.30. The number of aromatic nitrogens is 2. The van der Waals surface area contributed by atoms with Crippen LogP contribution in [0.15, 0.2) is 24.3 Å². The van der Waals surface area contributed by atoms with Crippen molar-refractivity contribution in [2.75, 3.05) is 68.1 Å². The van der Waals surface area contributed by atoms with E-state index in [4.69, 9.17) is 14.6 Å². The number of alkyl halides is 3. The zero-order valence-electron chi connectivity index (χ0n) is 21.6. The summed E-state index contributed by atoms with van der Waals surface area (Å²) in [7, 11) is 0. The van der Waals surface area contributed by atoms with Crippen LogP contribution >= 0.6 is 0 Å². The maximum Gasteiger partial charge on any atom is 0.389 e. The van der Waals surface area contributed by atoms with E-state index in [0.717, 1.165) is 16.9 Å². The number of carboxylic acid groups (broad SMARTS) is 1. The number of rotatable bonds is 7. The molecule has 0 aliphatic carbocycles. The molecule has 2 aliphatic rings. The second-order valence-corrected chi connectivity index (χ2v) is 9.17. The van der Waals surface area contributed by atoms with Crippen LogP contribution in [-0.4, -0.2) is 96.3 Å². The molecule has 14 heteroatoms. The van der Waals surface area contributed by atoms with Gasteiger partial charge in [-0.2, -0.15) is 18.2 Å². The van der Waals surface area contributed by atoms with Crippen molar-refractivity contribution >= 4 is 30.0 Å². The summed E-state index contributed by atoms with van der Waals surface area (Å²) < 4.78 is 43.6. The van der Waals surface area contributed by atoms with Gasteiger partial charge in [0.2, 0.25) is 5.95 Å². The van der Waals surface area contributed by atoms with Gasteiger partial charge in [-0.05, 0) is 37.0 Å². The van der Waals surface area contributed by atoms with Crippen LogP contribution in [0.2, 0.25) is 0 Å². The monoisotopic (exact) mass is 554 g/mol. The van der Waals surface area contributed by atoms with Gasteiger partial charge in [0, 0.05) is 56.5 Å². The number of hydrogen-bond donors (Lipinski definition) is 4. The third-order valence-electron chi connectivity index (χ3n) is 6.30. The molecular weight excluding hydrogens is 521 g/mol. The number of nitrogens with zero attached hydrogens (tertiary/aromatic N) is 4. The van der Waals surface area contributed by atoms with Crippen LogP contribution in [0.1, 0.15) is 18.4 Å². The molecule has 2 aliphatic heterocycles. The average molecular weight is 555 g/mol. The van der Waals surface area contributed by atoms with Crippen molar-refractivity contribution in [2.24, 2.45) is 5.92 Å². The van der Waals surface area contributed by atoms with Gasteiger partial charge in [-0.25, -0.2) is 9.78 Å². The quantitative estimate of drug-likeness (QED) is 0.380. The van der Waals surface area contributed by atoms with E-state index in [-0.39, 0.29) is 19.6 Å². The lowest BCUT2D eigenvalue weighted by Gasteiger charge is -2.28. The minimum atomic E-state index is -4.23. The van der Waals surface area contributed by atoms with E-state index in [1.165, 1.54) is 4.90 Å². The van der Waals surface area contributed by atoms with Crippen LogP contribution in [0.5, 0.6) is 0 Å². The Labute approximate surface area is 224 Å². The minimum absolute atomic E-state index is 0.0681. The molecule has 11 nitrogen and oxygen atoms in total. The Kier molecular flexibility index (Phi) is 10.7. The number of morpholine rings is 1. The van der Waals surface area contributed by atoms with E-state index in [2.05, 4.69) is 25.5 Å². The summed E-state index contributed by atoms with van der Waals surface area (Å²) in [4.78, 5) is 33.8. The van der Waals surface area contributed by atoms with Gasteiger partial charge in [-0.3, -0.25) is 4.79 Å². The highest BCUT2D eigenvalue weighted by molar-refractivity contribution is 5.90. The topological polar surface area (TPSA) is 140 Å². The van der Waals surface area contributed by atoms with Gasteiger partial charge in [0.25, 0.3) is 6.47 Å². The number of aryl methyl sites for hydroxylation is 1.